The van der Waals surface area contributed by atoms with Crippen molar-refractivity contribution in [2.45, 2.75) is 25.5 Å². The van der Waals surface area contributed by atoms with E-state index in [0.717, 1.165) is 17.0 Å². The zero-order valence-corrected chi connectivity index (χ0v) is 18.3. The average molecular weight is 440 g/mol. The Morgan fingerprint density at radius 2 is 1.90 bits per heavy atom. The second kappa shape index (κ2) is 10.8. The lowest BCUT2D eigenvalue weighted by Gasteiger charge is -2.07. The second-order valence-corrected chi connectivity index (χ2v) is 7.82. The van der Waals surface area contributed by atoms with Crippen molar-refractivity contribution in [3.05, 3.63) is 70.8 Å². The molecule has 1 amide bonds. The molecule has 30 heavy (non-hydrogen) atoms. The maximum Gasteiger partial charge on any atom is 0.250 e. The van der Waals surface area contributed by atoms with Crippen molar-refractivity contribution in [1.29, 1.82) is 0 Å². The van der Waals surface area contributed by atoms with Gasteiger partial charge in [0.1, 0.15) is 0 Å². The largest absolute Gasteiger partial charge is 0.302 e. The molecule has 0 spiro atoms. The van der Waals surface area contributed by atoms with E-state index in [4.69, 9.17) is 11.6 Å². The SMILES string of the molecule is CCn1c(SCC(=O)N/N=C\C(Cl)=C\c2ccccc2)nnc1-c1ccc(C)cc1. The summed E-state index contributed by atoms with van der Waals surface area (Å²) >= 11 is 7.43. The predicted molar refractivity (Wildman–Crippen MR) is 123 cm³/mol. The van der Waals surface area contributed by atoms with E-state index in [1.54, 1.807) is 6.08 Å². The molecule has 3 rings (SSSR count). The number of nitrogens with zero attached hydrogens (tertiary/aromatic N) is 4. The molecule has 1 heterocycles. The van der Waals surface area contributed by atoms with Gasteiger partial charge in [0.25, 0.3) is 5.91 Å². The van der Waals surface area contributed by atoms with E-state index in [2.05, 4.69) is 20.7 Å². The third-order valence-corrected chi connectivity index (χ3v) is 5.33. The van der Waals surface area contributed by atoms with Crippen molar-refractivity contribution in [1.82, 2.24) is 20.2 Å². The van der Waals surface area contributed by atoms with E-state index in [1.165, 1.54) is 23.5 Å². The van der Waals surface area contributed by atoms with E-state index in [9.17, 15) is 4.79 Å². The summed E-state index contributed by atoms with van der Waals surface area (Å²) in [6.07, 6.45) is 3.17. The Kier molecular flexibility index (Phi) is 7.82. The highest BCUT2D eigenvalue weighted by Crippen LogP contribution is 2.24. The molecule has 6 nitrogen and oxygen atoms in total. The number of carbonyl (C=O) groups is 1. The molecule has 0 saturated heterocycles. The Labute approximate surface area is 185 Å². The van der Waals surface area contributed by atoms with Gasteiger partial charge in [-0.05, 0) is 25.5 Å². The van der Waals surface area contributed by atoms with Gasteiger partial charge in [-0.15, -0.1) is 10.2 Å². The highest BCUT2D eigenvalue weighted by atomic mass is 35.5. The number of nitrogens with one attached hydrogen (secondary N) is 1. The first kappa shape index (κ1) is 21.8. The molecule has 0 bridgehead atoms. The summed E-state index contributed by atoms with van der Waals surface area (Å²) in [5, 5.41) is 13.5. The van der Waals surface area contributed by atoms with Gasteiger partial charge in [-0.1, -0.05) is 83.5 Å². The molecule has 1 N–H and O–H groups in total. The van der Waals surface area contributed by atoms with E-state index in [-0.39, 0.29) is 11.7 Å². The number of allylic oxidation sites excluding steroid dienone is 1. The molecule has 8 heteroatoms. The summed E-state index contributed by atoms with van der Waals surface area (Å²) in [6.45, 7) is 4.77. The van der Waals surface area contributed by atoms with Crippen LogP contribution < -0.4 is 5.43 Å². The Bertz CT molecular complexity index is 1050. The van der Waals surface area contributed by atoms with Crippen LogP contribution in [0.4, 0.5) is 0 Å². The van der Waals surface area contributed by atoms with Crippen LogP contribution in [-0.4, -0.2) is 32.6 Å². The highest BCUT2D eigenvalue weighted by molar-refractivity contribution is 7.99. The highest BCUT2D eigenvalue weighted by Gasteiger charge is 2.14. The fourth-order valence-electron chi connectivity index (χ4n) is 2.67. The van der Waals surface area contributed by atoms with Crippen LogP contribution in [0, 0.1) is 6.92 Å². The Hall–Kier alpha value is -2.90. The van der Waals surface area contributed by atoms with Crippen molar-refractivity contribution in [2.24, 2.45) is 5.10 Å². The molecule has 0 unspecified atom stereocenters. The van der Waals surface area contributed by atoms with Gasteiger partial charge in [0.15, 0.2) is 11.0 Å². The van der Waals surface area contributed by atoms with Gasteiger partial charge in [0.2, 0.25) is 0 Å². The summed E-state index contributed by atoms with van der Waals surface area (Å²) < 4.78 is 1.99. The second-order valence-electron chi connectivity index (χ2n) is 6.44. The molecular formula is C22H22ClN5OS. The van der Waals surface area contributed by atoms with E-state index < -0.39 is 0 Å². The maximum atomic E-state index is 12.1. The van der Waals surface area contributed by atoms with Gasteiger partial charge in [-0.25, -0.2) is 5.43 Å². The van der Waals surface area contributed by atoms with Crippen LogP contribution in [0.15, 0.2) is 69.9 Å². The molecular weight excluding hydrogens is 418 g/mol. The van der Waals surface area contributed by atoms with Gasteiger partial charge in [0, 0.05) is 12.1 Å². The summed E-state index contributed by atoms with van der Waals surface area (Å²) in [4.78, 5) is 12.1. The molecule has 0 aliphatic heterocycles. The van der Waals surface area contributed by atoms with Crippen LogP contribution in [0.1, 0.15) is 18.1 Å². The first-order valence-electron chi connectivity index (χ1n) is 9.44. The molecule has 0 atom stereocenters. The molecule has 0 radical (unpaired) electrons. The molecule has 2 aromatic carbocycles. The van der Waals surface area contributed by atoms with Crippen LogP contribution in [0.3, 0.4) is 0 Å². The van der Waals surface area contributed by atoms with Gasteiger partial charge in [-0.2, -0.15) is 5.10 Å². The van der Waals surface area contributed by atoms with Crippen molar-refractivity contribution in [3.63, 3.8) is 0 Å². The topological polar surface area (TPSA) is 72.2 Å². The molecule has 154 valence electrons. The monoisotopic (exact) mass is 439 g/mol. The van der Waals surface area contributed by atoms with E-state index in [0.29, 0.717) is 16.7 Å². The Morgan fingerprint density at radius 1 is 1.17 bits per heavy atom. The Balaban J connectivity index is 1.56. The van der Waals surface area contributed by atoms with E-state index >= 15 is 0 Å². The van der Waals surface area contributed by atoms with Crippen molar-refractivity contribution < 1.29 is 4.79 Å². The van der Waals surface area contributed by atoms with Gasteiger partial charge >= 0.3 is 0 Å². The van der Waals surface area contributed by atoms with E-state index in [1.807, 2.05) is 73.0 Å². The third kappa shape index (κ3) is 6.05. The summed E-state index contributed by atoms with van der Waals surface area (Å²) in [5.41, 5.74) is 5.62. The first-order chi connectivity index (χ1) is 14.6. The van der Waals surface area contributed by atoms with Crippen molar-refractivity contribution in [2.75, 3.05) is 5.75 Å². The summed E-state index contributed by atoms with van der Waals surface area (Å²) in [7, 11) is 0. The number of hydrogen-bond acceptors (Lipinski definition) is 5. The third-order valence-electron chi connectivity index (χ3n) is 4.16. The summed E-state index contributed by atoms with van der Waals surface area (Å²) in [5.74, 6) is 0.711. The number of hydrazone groups is 1. The molecule has 3 aromatic rings. The maximum absolute atomic E-state index is 12.1. The minimum Gasteiger partial charge on any atom is -0.302 e. The molecule has 0 aliphatic rings. The summed E-state index contributed by atoms with van der Waals surface area (Å²) in [6, 6.07) is 17.8. The zero-order valence-electron chi connectivity index (χ0n) is 16.7. The zero-order chi connectivity index (χ0) is 21.3. The number of aromatic nitrogens is 3. The van der Waals surface area contributed by atoms with Crippen molar-refractivity contribution >= 4 is 41.6 Å². The normalized spacial score (nSPS) is 11.8. The van der Waals surface area contributed by atoms with Crippen LogP contribution in [0.2, 0.25) is 0 Å². The van der Waals surface area contributed by atoms with Crippen LogP contribution in [0.5, 0.6) is 0 Å². The van der Waals surface area contributed by atoms with Gasteiger partial charge in [0.05, 0.1) is 17.0 Å². The van der Waals surface area contributed by atoms with Gasteiger partial charge in [-0.3, -0.25) is 4.79 Å². The average Bonchev–Trinajstić information content (AvgIpc) is 3.16. The lowest BCUT2D eigenvalue weighted by Crippen LogP contribution is -2.19. The minimum atomic E-state index is -0.247. The minimum absolute atomic E-state index is 0.170. The number of hydrogen-bond donors (Lipinski definition) is 1. The number of thioether (sulfide) groups is 1. The van der Waals surface area contributed by atoms with Crippen LogP contribution >= 0.6 is 23.4 Å². The number of aryl methyl sites for hydroxylation is 1. The number of halogens is 1. The fraction of sp³-hybridized carbons (Fsp3) is 0.182. The molecule has 1 aromatic heterocycles. The van der Waals surface area contributed by atoms with Crippen molar-refractivity contribution in [3.8, 4) is 11.4 Å². The van der Waals surface area contributed by atoms with Crippen LogP contribution in [-0.2, 0) is 11.3 Å². The number of rotatable bonds is 8. The smallest absolute Gasteiger partial charge is 0.250 e. The fourth-order valence-corrected chi connectivity index (χ4v) is 3.64. The van der Waals surface area contributed by atoms with Crippen LogP contribution in [0.25, 0.3) is 17.5 Å². The lowest BCUT2D eigenvalue weighted by atomic mass is 10.1. The molecule has 0 aliphatic carbocycles. The standard InChI is InChI=1S/C22H22ClN5OS/c1-3-28-21(18-11-9-16(2)10-12-18)26-27-22(28)30-15-20(29)25-24-14-19(23)13-17-7-5-4-6-8-17/h4-14H,3,15H2,1-2H3,(H,25,29)/b19-13-,24-14-. The molecule has 0 fully saturated rings. The van der Waals surface area contributed by atoms with Gasteiger partial charge < -0.3 is 4.57 Å². The predicted octanol–water partition coefficient (Wildman–Crippen LogP) is 4.75. The number of benzene rings is 2. The quantitative estimate of drug-likeness (QED) is 0.312. The number of amides is 1. The first-order valence-corrected chi connectivity index (χ1v) is 10.8. The number of carbonyl (C=O) groups excluding carboxylic acids is 1. The Morgan fingerprint density at radius 3 is 2.60 bits per heavy atom. The lowest BCUT2D eigenvalue weighted by molar-refractivity contribution is -0.118. The molecule has 0 saturated carbocycles.